The number of amides is 2. The number of fused-ring (bicyclic) bond motifs is 1. The van der Waals surface area contributed by atoms with E-state index in [1.807, 2.05) is 24.5 Å². The molecule has 9 nitrogen and oxygen atoms in total. The molecule has 1 N–H and O–H groups in total. The standard InChI is InChI=1S/C30H31N3O6S2/c1-6-39-29(36)25-20-9-7-8-10-24(20)41-28(25)32-16(2)13-18(17(32)3)14-21-26(34)31-30(40)33(27(21)35)22-12-11-19(37-4)15-23(22)38-5/h11-15H,6-10H2,1-5H3,(H,31,34,40)/b21-14+. The predicted molar refractivity (Wildman–Crippen MR) is 161 cm³/mol. The first-order valence-corrected chi connectivity index (χ1v) is 14.6. The third-order valence-corrected chi connectivity index (χ3v) is 8.90. The molecule has 0 radical (unpaired) electrons. The number of nitrogens with one attached hydrogen (secondary N) is 1. The van der Waals surface area contributed by atoms with E-state index >= 15 is 0 Å². The van der Waals surface area contributed by atoms with E-state index in [0.717, 1.165) is 47.6 Å². The molecular formula is C30H31N3O6S2. The van der Waals surface area contributed by atoms with E-state index in [1.165, 1.54) is 24.0 Å². The SMILES string of the molecule is CCOC(=O)c1c(-n2c(C)cc(/C=C3\C(=O)NC(=S)N(c4ccc(OC)cc4OC)C3=O)c2C)sc2c1CCCC2. The number of anilines is 1. The number of carbonyl (C=O) groups is 3. The fourth-order valence-corrected chi connectivity index (χ4v) is 7.13. The summed E-state index contributed by atoms with van der Waals surface area (Å²) in [6.07, 6.45) is 5.46. The van der Waals surface area contributed by atoms with Crippen LogP contribution in [0.15, 0.2) is 29.8 Å². The third kappa shape index (κ3) is 5.04. The van der Waals surface area contributed by atoms with E-state index in [4.69, 9.17) is 26.4 Å². The molecular weight excluding hydrogens is 562 g/mol. The molecule has 2 aromatic heterocycles. The van der Waals surface area contributed by atoms with Crippen molar-refractivity contribution >= 4 is 58.2 Å². The van der Waals surface area contributed by atoms with Crippen LogP contribution in [-0.4, -0.2) is 48.3 Å². The summed E-state index contributed by atoms with van der Waals surface area (Å²) in [5, 5.41) is 3.39. The molecule has 5 rings (SSSR count). The van der Waals surface area contributed by atoms with Gasteiger partial charge in [-0.25, -0.2) is 9.69 Å². The van der Waals surface area contributed by atoms with Gasteiger partial charge in [0.25, 0.3) is 11.8 Å². The number of aryl methyl sites for hydroxylation is 2. The largest absolute Gasteiger partial charge is 0.497 e. The van der Waals surface area contributed by atoms with E-state index < -0.39 is 11.8 Å². The second-order valence-corrected chi connectivity index (χ2v) is 11.2. The van der Waals surface area contributed by atoms with Crippen LogP contribution in [0.2, 0.25) is 0 Å². The molecule has 1 aliphatic heterocycles. The lowest BCUT2D eigenvalue weighted by atomic mass is 9.95. The Bertz CT molecular complexity index is 1620. The van der Waals surface area contributed by atoms with Crippen LogP contribution in [-0.2, 0) is 27.2 Å². The Hall–Kier alpha value is -3.96. The molecule has 2 aliphatic rings. The maximum Gasteiger partial charge on any atom is 0.341 e. The Labute approximate surface area is 247 Å². The van der Waals surface area contributed by atoms with Gasteiger partial charge in [-0.1, -0.05) is 0 Å². The summed E-state index contributed by atoms with van der Waals surface area (Å²) < 4.78 is 18.2. The second-order valence-electron chi connectivity index (χ2n) is 9.77. The lowest BCUT2D eigenvalue weighted by Crippen LogP contribution is -2.54. The Kier molecular flexibility index (Phi) is 8.01. The molecule has 0 unspecified atom stereocenters. The van der Waals surface area contributed by atoms with Gasteiger partial charge in [0.2, 0.25) is 0 Å². The number of hydrogen-bond donors (Lipinski definition) is 1. The molecule has 0 bridgehead atoms. The maximum absolute atomic E-state index is 13.8. The molecule has 11 heteroatoms. The monoisotopic (exact) mass is 593 g/mol. The third-order valence-electron chi connectivity index (χ3n) is 7.33. The normalized spacial score (nSPS) is 16.1. The van der Waals surface area contributed by atoms with Crippen molar-refractivity contribution in [2.24, 2.45) is 0 Å². The Morgan fingerprint density at radius 3 is 2.59 bits per heavy atom. The lowest BCUT2D eigenvalue weighted by molar-refractivity contribution is -0.122. The molecule has 3 heterocycles. The molecule has 214 valence electrons. The average Bonchev–Trinajstić information content (AvgIpc) is 3.46. The van der Waals surface area contributed by atoms with Crippen LogP contribution in [0, 0.1) is 13.8 Å². The number of methoxy groups -OCH3 is 2. The first-order chi connectivity index (χ1) is 19.7. The molecule has 0 saturated carbocycles. The van der Waals surface area contributed by atoms with Gasteiger partial charge >= 0.3 is 5.97 Å². The van der Waals surface area contributed by atoms with Crippen LogP contribution in [0.25, 0.3) is 11.1 Å². The Balaban J connectivity index is 1.59. The highest BCUT2D eigenvalue weighted by Crippen LogP contribution is 2.40. The smallest absolute Gasteiger partial charge is 0.341 e. The first kappa shape index (κ1) is 28.6. The molecule has 0 spiro atoms. The zero-order chi connectivity index (χ0) is 29.4. The van der Waals surface area contributed by atoms with Crippen molar-refractivity contribution in [2.45, 2.75) is 46.5 Å². The minimum atomic E-state index is -0.590. The van der Waals surface area contributed by atoms with Gasteiger partial charge in [0, 0.05) is 22.3 Å². The van der Waals surface area contributed by atoms with E-state index in [0.29, 0.717) is 34.9 Å². The van der Waals surface area contributed by atoms with Crippen LogP contribution >= 0.6 is 23.6 Å². The van der Waals surface area contributed by atoms with Gasteiger partial charge in [0.1, 0.15) is 22.1 Å². The number of rotatable bonds is 7. The van der Waals surface area contributed by atoms with Gasteiger partial charge in [0.15, 0.2) is 5.11 Å². The zero-order valence-electron chi connectivity index (χ0n) is 23.6. The summed E-state index contributed by atoms with van der Waals surface area (Å²) in [5.41, 5.74) is 4.32. The highest BCUT2D eigenvalue weighted by Gasteiger charge is 2.36. The van der Waals surface area contributed by atoms with Crippen molar-refractivity contribution in [3.8, 4) is 16.5 Å². The molecule has 3 aromatic rings. The average molecular weight is 594 g/mol. The lowest BCUT2D eigenvalue weighted by Gasteiger charge is -2.30. The van der Waals surface area contributed by atoms with Crippen LogP contribution in [0.1, 0.15) is 57.5 Å². The van der Waals surface area contributed by atoms with Crippen LogP contribution < -0.4 is 19.7 Å². The van der Waals surface area contributed by atoms with Crippen LogP contribution in [0.5, 0.6) is 11.5 Å². The molecule has 1 aliphatic carbocycles. The van der Waals surface area contributed by atoms with E-state index in [1.54, 1.807) is 42.5 Å². The quantitative estimate of drug-likeness (QED) is 0.177. The number of thiocarbonyl (C=S) groups is 1. The van der Waals surface area contributed by atoms with Gasteiger partial charge in [0.05, 0.1) is 32.1 Å². The van der Waals surface area contributed by atoms with Crippen molar-refractivity contribution in [3.63, 3.8) is 0 Å². The van der Waals surface area contributed by atoms with Crippen LogP contribution in [0.3, 0.4) is 0 Å². The molecule has 41 heavy (non-hydrogen) atoms. The number of hydrogen-bond acceptors (Lipinski definition) is 8. The molecule has 0 atom stereocenters. The number of ether oxygens (including phenoxy) is 3. The van der Waals surface area contributed by atoms with Crippen molar-refractivity contribution < 1.29 is 28.6 Å². The first-order valence-electron chi connectivity index (χ1n) is 13.3. The zero-order valence-corrected chi connectivity index (χ0v) is 25.2. The number of thiophene rings is 1. The number of nitrogens with zero attached hydrogens (tertiary/aromatic N) is 2. The fraction of sp³-hybridized carbons (Fsp3) is 0.333. The summed E-state index contributed by atoms with van der Waals surface area (Å²) in [5.74, 6) is -0.584. The van der Waals surface area contributed by atoms with Gasteiger partial charge < -0.3 is 18.8 Å². The highest BCUT2D eigenvalue weighted by molar-refractivity contribution is 7.80. The highest BCUT2D eigenvalue weighted by atomic mass is 32.1. The van der Waals surface area contributed by atoms with Crippen LogP contribution in [0.4, 0.5) is 5.69 Å². The van der Waals surface area contributed by atoms with Gasteiger partial charge in [-0.2, -0.15) is 0 Å². The van der Waals surface area contributed by atoms with Gasteiger partial charge in [-0.3, -0.25) is 14.9 Å². The van der Waals surface area contributed by atoms with E-state index in [9.17, 15) is 14.4 Å². The minimum Gasteiger partial charge on any atom is -0.497 e. The van der Waals surface area contributed by atoms with Gasteiger partial charge in [-0.15, -0.1) is 11.3 Å². The van der Waals surface area contributed by atoms with E-state index in [-0.39, 0.29) is 16.7 Å². The summed E-state index contributed by atoms with van der Waals surface area (Å²) in [4.78, 5) is 42.4. The predicted octanol–water partition coefficient (Wildman–Crippen LogP) is 5.06. The summed E-state index contributed by atoms with van der Waals surface area (Å²) >= 11 is 6.99. The fourth-order valence-electron chi connectivity index (χ4n) is 5.37. The number of esters is 1. The summed E-state index contributed by atoms with van der Waals surface area (Å²) in [6.45, 7) is 5.94. The Morgan fingerprint density at radius 2 is 1.88 bits per heavy atom. The maximum atomic E-state index is 13.8. The van der Waals surface area contributed by atoms with Crippen molar-refractivity contribution in [1.29, 1.82) is 0 Å². The second kappa shape index (κ2) is 11.5. The minimum absolute atomic E-state index is 0.0469. The van der Waals surface area contributed by atoms with Crippen molar-refractivity contribution in [3.05, 3.63) is 62.8 Å². The van der Waals surface area contributed by atoms with Crippen molar-refractivity contribution in [1.82, 2.24) is 9.88 Å². The molecule has 1 saturated heterocycles. The topological polar surface area (TPSA) is 99.1 Å². The molecule has 1 aromatic carbocycles. The summed E-state index contributed by atoms with van der Waals surface area (Å²) in [6, 6.07) is 6.88. The number of carbonyl (C=O) groups excluding carboxylic acids is 3. The Morgan fingerprint density at radius 1 is 1.12 bits per heavy atom. The summed E-state index contributed by atoms with van der Waals surface area (Å²) in [7, 11) is 3.01. The number of aromatic nitrogens is 1. The van der Waals surface area contributed by atoms with Gasteiger partial charge in [-0.05, 0) is 94.1 Å². The molecule has 1 fully saturated rings. The molecule has 2 amide bonds. The van der Waals surface area contributed by atoms with Crippen molar-refractivity contribution in [2.75, 3.05) is 25.7 Å². The van der Waals surface area contributed by atoms with E-state index in [2.05, 4.69) is 5.32 Å². The number of benzene rings is 1.